The molecule has 0 saturated carbocycles. The Hall–Kier alpha value is -1.50. The number of benzene rings is 2. The molecule has 0 spiro atoms. The van der Waals surface area contributed by atoms with Gasteiger partial charge in [0.15, 0.2) is 0 Å². The first kappa shape index (κ1) is 13.5. The average molecular weight is 387 g/mol. The molecule has 1 heterocycles. The van der Waals surface area contributed by atoms with Crippen LogP contribution in [-0.4, -0.2) is 4.57 Å². The highest BCUT2D eigenvalue weighted by Gasteiger charge is 2.30. The minimum atomic E-state index is -4.31. The van der Waals surface area contributed by atoms with Gasteiger partial charge in [-0.3, -0.25) is 0 Å². The van der Waals surface area contributed by atoms with Gasteiger partial charge in [-0.05, 0) is 65.1 Å². The number of hydrogen-bond donors (Lipinski definition) is 0. The smallest absolute Gasteiger partial charge is 0.317 e. The van der Waals surface area contributed by atoms with Gasteiger partial charge in [-0.1, -0.05) is 6.07 Å². The van der Waals surface area contributed by atoms with Gasteiger partial charge in [0.25, 0.3) is 0 Å². The molecule has 3 aromatic rings. The third-order valence-corrected chi connectivity index (χ3v) is 3.77. The fraction of sp³-hybridized carbons (Fsp3) is 0.0667. The van der Waals surface area contributed by atoms with E-state index in [-0.39, 0.29) is 0 Å². The Kier molecular flexibility index (Phi) is 3.24. The monoisotopic (exact) mass is 387 g/mol. The van der Waals surface area contributed by atoms with E-state index >= 15 is 0 Å². The van der Waals surface area contributed by atoms with E-state index in [1.165, 1.54) is 12.1 Å². The van der Waals surface area contributed by atoms with Gasteiger partial charge in [-0.25, -0.2) is 0 Å². The van der Waals surface area contributed by atoms with Gasteiger partial charge in [0.05, 0.1) is 11.1 Å². The highest BCUT2D eigenvalue weighted by Crippen LogP contribution is 2.32. The summed E-state index contributed by atoms with van der Waals surface area (Å²) < 4.78 is 41.0. The zero-order valence-corrected chi connectivity index (χ0v) is 12.3. The Balaban J connectivity index is 2.15. The van der Waals surface area contributed by atoms with Crippen molar-refractivity contribution < 1.29 is 13.2 Å². The lowest BCUT2D eigenvalue weighted by Gasteiger charge is -2.08. The summed E-state index contributed by atoms with van der Waals surface area (Å²) in [5.41, 5.74) is 1.08. The number of hydrogen-bond acceptors (Lipinski definition) is 0. The second kappa shape index (κ2) is 4.80. The van der Waals surface area contributed by atoms with E-state index in [9.17, 15) is 13.2 Å². The number of alkyl halides is 3. The molecule has 0 amide bonds. The van der Waals surface area contributed by atoms with E-state index in [2.05, 4.69) is 22.6 Å². The molecule has 5 heteroatoms. The predicted octanol–water partition coefficient (Wildman–Crippen LogP) is 5.25. The summed E-state index contributed by atoms with van der Waals surface area (Å²) in [5.74, 6) is 0. The number of halogens is 4. The molecule has 2 aromatic carbocycles. The van der Waals surface area contributed by atoms with E-state index in [1.54, 1.807) is 12.3 Å². The molecular weight excluding hydrogens is 378 g/mol. The highest BCUT2D eigenvalue weighted by molar-refractivity contribution is 14.1. The number of rotatable bonds is 1. The molecule has 0 aliphatic heterocycles. The Labute approximate surface area is 127 Å². The molecule has 1 nitrogen and oxygen atoms in total. The van der Waals surface area contributed by atoms with Gasteiger partial charge in [-0.2, -0.15) is 13.2 Å². The highest BCUT2D eigenvalue weighted by atomic mass is 127. The van der Waals surface area contributed by atoms with Crippen LogP contribution in [0.3, 0.4) is 0 Å². The van der Waals surface area contributed by atoms with Crippen LogP contribution in [0.2, 0.25) is 0 Å². The summed E-state index contributed by atoms with van der Waals surface area (Å²) in [6, 6.07) is 13.3. The third kappa shape index (κ3) is 2.42. The minimum absolute atomic E-state index is 0.582. The SMILES string of the molecule is FC(F)(F)c1ccc2c(ccn2-c2cccc(I)c2)c1. The zero-order chi connectivity index (χ0) is 14.3. The summed E-state index contributed by atoms with van der Waals surface area (Å²) in [4.78, 5) is 0. The second-order valence-corrected chi connectivity index (χ2v) is 5.68. The molecule has 0 aliphatic carbocycles. The van der Waals surface area contributed by atoms with Crippen LogP contribution in [0.4, 0.5) is 13.2 Å². The summed E-state index contributed by atoms with van der Waals surface area (Å²) in [6.45, 7) is 0. The summed E-state index contributed by atoms with van der Waals surface area (Å²) >= 11 is 2.21. The fourth-order valence-corrected chi connectivity index (χ4v) is 2.70. The van der Waals surface area contributed by atoms with Crippen LogP contribution in [0.5, 0.6) is 0 Å². The molecule has 0 atom stereocenters. The van der Waals surface area contributed by atoms with Crippen LogP contribution in [-0.2, 0) is 6.18 Å². The van der Waals surface area contributed by atoms with Crippen molar-refractivity contribution in [3.8, 4) is 5.69 Å². The maximum Gasteiger partial charge on any atom is 0.416 e. The molecule has 0 saturated heterocycles. The van der Waals surface area contributed by atoms with Crippen LogP contribution in [0.25, 0.3) is 16.6 Å². The lowest BCUT2D eigenvalue weighted by Crippen LogP contribution is -2.04. The fourth-order valence-electron chi connectivity index (χ4n) is 2.17. The molecule has 0 radical (unpaired) electrons. The summed E-state index contributed by atoms with van der Waals surface area (Å²) in [7, 11) is 0. The Morgan fingerprint density at radius 3 is 2.45 bits per heavy atom. The second-order valence-electron chi connectivity index (χ2n) is 4.44. The van der Waals surface area contributed by atoms with Crippen molar-refractivity contribution in [1.82, 2.24) is 4.57 Å². The van der Waals surface area contributed by atoms with Crippen molar-refractivity contribution in [2.75, 3.05) is 0 Å². The van der Waals surface area contributed by atoms with Gasteiger partial charge in [0.1, 0.15) is 0 Å². The van der Waals surface area contributed by atoms with Gasteiger partial charge in [-0.15, -0.1) is 0 Å². The van der Waals surface area contributed by atoms with Gasteiger partial charge < -0.3 is 4.57 Å². The number of aromatic nitrogens is 1. The Morgan fingerprint density at radius 1 is 0.950 bits per heavy atom. The van der Waals surface area contributed by atoms with Crippen LogP contribution < -0.4 is 0 Å². The molecule has 0 fully saturated rings. The lowest BCUT2D eigenvalue weighted by molar-refractivity contribution is -0.137. The molecule has 20 heavy (non-hydrogen) atoms. The number of nitrogens with zero attached hydrogens (tertiary/aromatic N) is 1. The van der Waals surface area contributed by atoms with Gasteiger partial charge in [0.2, 0.25) is 0 Å². The first-order valence-electron chi connectivity index (χ1n) is 5.89. The quantitative estimate of drug-likeness (QED) is 0.503. The first-order valence-corrected chi connectivity index (χ1v) is 6.97. The molecule has 0 bridgehead atoms. The Morgan fingerprint density at radius 2 is 1.75 bits per heavy atom. The zero-order valence-electron chi connectivity index (χ0n) is 10.2. The van der Waals surface area contributed by atoms with Crippen LogP contribution >= 0.6 is 22.6 Å². The summed E-state index contributed by atoms with van der Waals surface area (Å²) in [6.07, 6.45) is -2.52. The molecule has 3 rings (SSSR count). The maximum absolute atomic E-state index is 12.7. The molecule has 1 aromatic heterocycles. The van der Waals surface area contributed by atoms with Gasteiger partial charge in [0, 0.05) is 20.8 Å². The summed E-state index contributed by atoms with van der Waals surface area (Å²) in [5, 5.41) is 0.582. The van der Waals surface area contributed by atoms with E-state index < -0.39 is 11.7 Å². The maximum atomic E-state index is 12.7. The first-order chi connectivity index (χ1) is 9.45. The lowest BCUT2D eigenvalue weighted by atomic mass is 10.1. The van der Waals surface area contributed by atoms with Crippen molar-refractivity contribution in [3.05, 3.63) is 63.9 Å². The van der Waals surface area contributed by atoms with Crippen molar-refractivity contribution in [2.24, 2.45) is 0 Å². The standard InChI is InChI=1S/C15H9F3IN/c16-15(17,18)11-4-5-14-10(8-11)6-7-20(14)13-3-1-2-12(19)9-13/h1-9H. The largest absolute Gasteiger partial charge is 0.416 e. The minimum Gasteiger partial charge on any atom is -0.317 e. The van der Waals surface area contributed by atoms with Crippen molar-refractivity contribution in [3.63, 3.8) is 0 Å². The van der Waals surface area contributed by atoms with E-state index in [0.717, 1.165) is 20.8 Å². The molecular formula is C15H9F3IN. The topological polar surface area (TPSA) is 4.93 Å². The van der Waals surface area contributed by atoms with E-state index in [0.29, 0.717) is 5.39 Å². The normalized spacial score (nSPS) is 12.0. The Bertz CT molecular complexity index is 774. The average Bonchev–Trinajstić information content (AvgIpc) is 2.80. The third-order valence-electron chi connectivity index (χ3n) is 3.10. The molecule has 0 unspecified atom stereocenters. The van der Waals surface area contributed by atoms with Crippen molar-refractivity contribution in [1.29, 1.82) is 0 Å². The van der Waals surface area contributed by atoms with E-state index in [4.69, 9.17) is 0 Å². The van der Waals surface area contributed by atoms with Crippen LogP contribution in [0.15, 0.2) is 54.7 Å². The van der Waals surface area contributed by atoms with Crippen molar-refractivity contribution >= 4 is 33.5 Å². The predicted molar refractivity (Wildman–Crippen MR) is 81.0 cm³/mol. The number of fused-ring (bicyclic) bond motifs is 1. The van der Waals surface area contributed by atoms with Crippen LogP contribution in [0, 0.1) is 3.57 Å². The molecule has 102 valence electrons. The molecule has 0 aliphatic rings. The van der Waals surface area contributed by atoms with Crippen molar-refractivity contribution in [2.45, 2.75) is 6.18 Å². The van der Waals surface area contributed by atoms with Gasteiger partial charge >= 0.3 is 6.18 Å². The van der Waals surface area contributed by atoms with E-state index in [1.807, 2.05) is 28.8 Å². The molecule has 0 N–H and O–H groups in total. The van der Waals surface area contributed by atoms with Crippen LogP contribution in [0.1, 0.15) is 5.56 Å².